The Hall–Kier alpha value is -1.66. The van der Waals surface area contributed by atoms with E-state index in [9.17, 15) is 33.0 Å². The molecule has 1 spiro atoms. The van der Waals surface area contributed by atoms with Gasteiger partial charge in [-0.3, -0.25) is 14.4 Å². The van der Waals surface area contributed by atoms with Crippen LogP contribution in [-0.2, 0) is 33.9 Å². The summed E-state index contributed by atoms with van der Waals surface area (Å²) in [5.41, 5.74) is -2.93. The number of carbonyl (C=O) groups excluding carboxylic acids is 3. The lowest BCUT2D eigenvalue weighted by atomic mass is 9.34. The van der Waals surface area contributed by atoms with Crippen LogP contribution in [0.2, 0.25) is 0 Å². The summed E-state index contributed by atoms with van der Waals surface area (Å²) in [4.78, 5) is 41.7. The largest absolute Gasteiger partial charge is 0.460 e. The van der Waals surface area contributed by atoms with Crippen LogP contribution in [0.25, 0.3) is 0 Å². The quantitative estimate of drug-likeness (QED) is 0.348. The molecule has 6 fully saturated rings. The van der Waals surface area contributed by atoms with Gasteiger partial charge >= 0.3 is 5.97 Å². The van der Waals surface area contributed by atoms with Gasteiger partial charge in [-0.1, -0.05) is 26.0 Å². The maximum atomic E-state index is 14.0. The molecule has 0 aromatic rings. The van der Waals surface area contributed by atoms with Crippen molar-refractivity contribution in [1.82, 2.24) is 4.31 Å². The van der Waals surface area contributed by atoms with Crippen molar-refractivity contribution in [2.45, 2.75) is 91.1 Å². The second kappa shape index (κ2) is 9.94. The van der Waals surface area contributed by atoms with Gasteiger partial charge in [0, 0.05) is 31.3 Å². The van der Waals surface area contributed by atoms with E-state index in [0.29, 0.717) is 24.8 Å². The molecule has 3 aliphatic carbocycles. The molecular formula is C30H45NO9S. The van der Waals surface area contributed by atoms with Crippen molar-refractivity contribution in [2.75, 3.05) is 25.4 Å². The number of esters is 1. The first kappa shape index (κ1) is 30.8. The average molecular weight is 596 g/mol. The molecule has 6 aliphatic rings. The average Bonchev–Trinajstić information content (AvgIpc) is 2.91. The van der Waals surface area contributed by atoms with Crippen molar-refractivity contribution in [3.63, 3.8) is 0 Å². The van der Waals surface area contributed by atoms with E-state index < -0.39 is 79.7 Å². The summed E-state index contributed by atoms with van der Waals surface area (Å²) in [7, 11) is -3.39. The first-order valence-electron chi connectivity index (χ1n) is 14.9. The molecule has 3 saturated carbocycles. The van der Waals surface area contributed by atoms with Gasteiger partial charge in [-0.2, -0.15) is 0 Å². The van der Waals surface area contributed by atoms with Gasteiger partial charge in [0.05, 0.1) is 23.7 Å². The van der Waals surface area contributed by atoms with Gasteiger partial charge in [0.1, 0.15) is 29.2 Å². The summed E-state index contributed by atoms with van der Waals surface area (Å²) < 4.78 is 38.4. The van der Waals surface area contributed by atoms with Crippen LogP contribution in [0.15, 0.2) is 12.2 Å². The smallest absolute Gasteiger partial charge is 0.309 e. The Bertz CT molecular complexity index is 1250. The molecule has 6 rings (SSSR count). The minimum absolute atomic E-state index is 0.0216. The number of aliphatic hydroxyl groups excluding tert-OH is 1. The van der Waals surface area contributed by atoms with Crippen molar-refractivity contribution in [3.05, 3.63) is 12.2 Å². The molecule has 0 aromatic heterocycles. The van der Waals surface area contributed by atoms with E-state index in [-0.39, 0.29) is 50.5 Å². The van der Waals surface area contributed by atoms with Crippen LogP contribution in [0.1, 0.15) is 73.1 Å². The van der Waals surface area contributed by atoms with Gasteiger partial charge in [-0.05, 0) is 64.2 Å². The Morgan fingerprint density at radius 2 is 1.78 bits per heavy atom. The van der Waals surface area contributed by atoms with E-state index in [1.165, 1.54) is 11.2 Å². The number of carbonyl (C=O) groups is 3. The third-order valence-corrected chi connectivity index (χ3v) is 13.4. The molecule has 10 nitrogen and oxygen atoms in total. The highest BCUT2D eigenvalue weighted by Gasteiger charge is 2.85. The zero-order chi connectivity index (χ0) is 30.3. The molecule has 0 radical (unpaired) electrons. The Kier molecular flexibility index (Phi) is 7.46. The van der Waals surface area contributed by atoms with Gasteiger partial charge in [-0.15, -0.1) is 0 Å². The number of hydrogen-bond acceptors (Lipinski definition) is 9. The van der Waals surface area contributed by atoms with Crippen LogP contribution >= 0.6 is 0 Å². The third kappa shape index (κ3) is 4.01. The lowest BCUT2D eigenvalue weighted by Crippen LogP contribution is -2.86. The molecular weight excluding hydrogens is 550 g/mol. The van der Waals surface area contributed by atoms with E-state index in [1.807, 2.05) is 13.8 Å². The van der Waals surface area contributed by atoms with Crippen LogP contribution in [0.5, 0.6) is 0 Å². The fraction of sp³-hybridized carbons (Fsp3) is 0.833. The maximum Gasteiger partial charge on any atom is 0.309 e. The molecule has 2 N–H and O–H groups in total. The van der Waals surface area contributed by atoms with Gasteiger partial charge < -0.3 is 19.7 Å². The van der Waals surface area contributed by atoms with Crippen LogP contribution in [0, 0.1) is 39.9 Å². The molecule has 230 valence electrons. The summed E-state index contributed by atoms with van der Waals surface area (Å²) in [6.45, 7) is 13.0. The minimum atomic E-state index is -3.39. The summed E-state index contributed by atoms with van der Waals surface area (Å²) in [5.74, 6) is -6.00. The summed E-state index contributed by atoms with van der Waals surface area (Å²) in [6.07, 6.45) is -0.508. The molecule has 3 aliphatic heterocycles. The van der Waals surface area contributed by atoms with Crippen molar-refractivity contribution in [1.29, 1.82) is 0 Å². The molecule has 0 amide bonds. The first-order chi connectivity index (χ1) is 19.0. The highest BCUT2D eigenvalue weighted by Crippen LogP contribution is 2.73. The Morgan fingerprint density at radius 3 is 2.34 bits per heavy atom. The van der Waals surface area contributed by atoms with Crippen LogP contribution in [0.3, 0.4) is 0 Å². The molecule has 41 heavy (non-hydrogen) atoms. The van der Waals surface area contributed by atoms with Crippen molar-refractivity contribution in [2.24, 2.45) is 39.9 Å². The second-order valence-electron chi connectivity index (χ2n) is 13.8. The normalized spacial score (nSPS) is 42.7. The number of sulfonamides is 1. The monoisotopic (exact) mass is 595 g/mol. The zero-order valence-corrected chi connectivity index (χ0v) is 25.7. The number of Topliss-reactive ketones (excluding diaryl/α,β-unsaturated/α-hetero) is 2. The number of nitrogens with zero attached hydrogens (tertiary/aromatic N) is 1. The Morgan fingerprint density at radius 1 is 1.15 bits per heavy atom. The van der Waals surface area contributed by atoms with E-state index in [0.717, 1.165) is 0 Å². The SMILES string of the molecule is C=C(C)[C@@H]1CC[C@H]2[C@@]34CO[C@@](O)([C@@H](O)[C@@H]3C(C)(C)CCC4=O)[C@@]2(C(C)=O)[C@@H]1OC(=O)C1CCN(S(=O)(=O)CC)CC1. The zero-order valence-electron chi connectivity index (χ0n) is 24.8. The van der Waals surface area contributed by atoms with Crippen molar-refractivity contribution in [3.8, 4) is 0 Å². The molecule has 3 heterocycles. The number of aliphatic hydroxyl groups is 2. The highest BCUT2D eigenvalue weighted by atomic mass is 32.2. The van der Waals surface area contributed by atoms with Crippen molar-refractivity contribution >= 4 is 27.6 Å². The van der Waals surface area contributed by atoms with Gasteiger partial charge in [-0.25, -0.2) is 12.7 Å². The Labute approximate surface area is 242 Å². The van der Waals surface area contributed by atoms with Gasteiger partial charge in [0.15, 0.2) is 0 Å². The molecule has 0 aromatic carbocycles. The van der Waals surface area contributed by atoms with Crippen LogP contribution < -0.4 is 0 Å². The fourth-order valence-corrected chi connectivity index (χ4v) is 10.6. The summed E-state index contributed by atoms with van der Waals surface area (Å²) >= 11 is 0. The number of piperidine rings is 1. The van der Waals surface area contributed by atoms with E-state index >= 15 is 0 Å². The number of ketones is 2. The number of fused-ring (bicyclic) bond motifs is 1. The molecule has 8 atom stereocenters. The number of rotatable bonds is 6. The van der Waals surface area contributed by atoms with Crippen LogP contribution in [0.4, 0.5) is 0 Å². The molecule has 3 saturated heterocycles. The predicted octanol–water partition coefficient (Wildman–Crippen LogP) is 2.22. The van der Waals surface area contributed by atoms with E-state index in [4.69, 9.17) is 9.47 Å². The Balaban J connectivity index is 1.57. The number of hydrogen-bond donors (Lipinski definition) is 2. The van der Waals surface area contributed by atoms with Gasteiger partial charge in [0.2, 0.25) is 15.8 Å². The second-order valence-corrected chi connectivity index (χ2v) is 16.1. The highest BCUT2D eigenvalue weighted by molar-refractivity contribution is 7.89. The fourth-order valence-electron chi connectivity index (χ4n) is 9.50. The molecule has 2 bridgehead atoms. The molecule has 0 unspecified atom stereocenters. The summed E-state index contributed by atoms with van der Waals surface area (Å²) in [6, 6.07) is 0. The first-order valence-corrected chi connectivity index (χ1v) is 16.6. The maximum absolute atomic E-state index is 14.0. The van der Waals surface area contributed by atoms with Crippen molar-refractivity contribution < 1.29 is 42.5 Å². The predicted molar refractivity (Wildman–Crippen MR) is 149 cm³/mol. The number of ether oxygens (including phenoxy) is 2. The summed E-state index contributed by atoms with van der Waals surface area (Å²) in [5, 5.41) is 24.3. The van der Waals surface area contributed by atoms with Gasteiger partial charge in [0.25, 0.3) is 0 Å². The van der Waals surface area contributed by atoms with E-state index in [2.05, 4.69) is 6.58 Å². The third-order valence-electron chi connectivity index (χ3n) is 11.5. The lowest BCUT2D eigenvalue weighted by Gasteiger charge is -2.74. The topological polar surface area (TPSA) is 148 Å². The van der Waals surface area contributed by atoms with E-state index in [1.54, 1.807) is 13.8 Å². The standard InChI is InChI=1S/C30H45NO9S/c1-7-41(37,38)31-14-11-19(12-15-31)26(35)40-25-20(17(2)3)8-9-21-28-16-39-30(36,29(21,25)18(4)32)24(34)23(28)27(5,6)13-10-22(28)33/h19-21,23-25,34,36H,2,7-16H2,1,3-6H3/t20-,21-,23+,24-,25+,28+,29+,30-/m0/s1. The van der Waals surface area contributed by atoms with Crippen LogP contribution in [-0.4, -0.2) is 83.9 Å². The minimum Gasteiger partial charge on any atom is -0.460 e. The molecule has 11 heteroatoms. The lowest BCUT2D eigenvalue weighted by molar-refractivity contribution is -0.441.